The maximum atomic E-state index is 11.3. The molecule has 0 N–H and O–H groups in total. The van der Waals surface area contributed by atoms with Gasteiger partial charge in [-0.05, 0) is 36.0 Å². The van der Waals surface area contributed by atoms with Crippen molar-refractivity contribution < 1.29 is 26.7 Å². The summed E-state index contributed by atoms with van der Waals surface area (Å²) in [5.74, 6) is 5.44. The van der Waals surface area contributed by atoms with E-state index >= 15 is 0 Å². The van der Waals surface area contributed by atoms with E-state index in [1.807, 2.05) is 27.7 Å². The molecule has 10 radical (unpaired) electrons. The number of rotatable bonds is 4. The first-order valence-electron chi connectivity index (χ1n) is 7.57. The molecule has 0 spiro atoms. The number of hydrogen-bond acceptors (Lipinski definition) is 2. The van der Waals surface area contributed by atoms with Gasteiger partial charge in [-0.2, -0.15) is 0 Å². The topological polar surface area (TPSA) is 34.1 Å². The van der Waals surface area contributed by atoms with Crippen LogP contribution in [0, 0.1) is 47.3 Å². The first-order chi connectivity index (χ1) is 10.3. The Morgan fingerprint density at radius 2 is 1.09 bits per heavy atom. The van der Waals surface area contributed by atoms with Crippen LogP contribution in [0.5, 0.6) is 0 Å². The van der Waals surface area contributed by atoms with Gasteiger partial charge in [0.2, 0.25) is 0 Å². The van der Waals surface area contributed by atoms with E-state index in [2.05, 4.69) is 26.2 Å². The summed E-state index contributed by atoms with van der Waals surface area (Å²) < 4.78 is 0. The van der Waals surface area contributed by atoms with E-state index in [9.17, 15) is 9.59 Å². The zero-order valence-electron chi connectivity index (χ0n) is 14.6. The number of ketones is 2. The molecule has 2 saturated heterocycles. The quantitative estimate of drug-likeness (QED) is 0.462. The monoisotopic (exact) mass is 390 g/mol. The Hall–Kier alpha value is 0.719. The molecule has 0 unspecified atom stereocenters. The van der Waals surface area contributed by atoms with Crippen molar-refractivity contribution in [2.45, 2.75) is 54.4 Å². The first-order valence-corrected chi connectivity index (χ1v) is 9.50. The Bertz CT molecular complexity index is 353. The molecule has 2 fully saturated rings. The van der Waals surface area contributed by atoms with Gasteiger partial charge in [0.05, 0.1) is 11.3 Å². The van der Waals surface area contributed by atoms with Crippen LogP contribution < -0.4 is 0 Å². The van der Waals surface area contributed by atoms with Crippen LogP contribution >= 0.6 is 17.2 Å². The van der Waals surface area contributed by atoms with Gasteiger partial charge >= 0.3 is 0 Å². The zero-order chi connectivity index (χ0) is 16.9. The number of hydrogen-bond donors (Lipinski definition) is 0. The van der Waals surface area contributed by atoms with Crippen molar-refractivity contribution in [3.63, 3.8) is 0 Å². The summed E-state index contributed by atoms with van der Waals surface area (Å²) in [7, 11) is 2.17. The van der Waals surface area contributed by atoms with Crippen LogP contribution in [0.15, 0.2) is 0 Å². The van der Waals surface area contributed by atoms with E-state index in [0.717, 1.165) is 28.5 Å². The molecular weight excluding hydrogens is 366 g/mol. The van der Waals surface area contributed by atoms with Gasteiger partial charge < -0.3 is 0 Å². The van der Waals surface area contributed by atoms with Crippen LogP contribution in [-0.4, -0.2) is 11.6 Å². The summed E-state index contributed by atoms with van der Waals surface area (Å²) >= 11 is 0. The van der Waals surface area contributed by atoms with Crippen molar-refractivity contribution in [2.24, 2.45) is 0 Å². The number of Topliss-reactive ketones (excluding diaryl/α,β-unsaturated/α-hetero) is 2. The molecular formula is C18H24FeO2P2. The smallest absolute Gasteiger partial charge is 0.145 e. The molecule has 0 atom stereocenters. The summed E-state index contributed by atoms with van der Waals surface area (Å²) in [6, 6.07) is 0. The summed E-state index contributed by atoms with van der Waals surface area (Å²) in [5.41, 5.74) is 1.98. The third kappa shape index (κ3) is 6.51. The van der Waals surface area contributed by atoms with Crippen molar-refractivity contribution in [2.75, 3.05) is 0 Å². The molecule has 23 heavy (non-hydrogen) atoms. The molecule has 0 saturated carbocycles. The fourth-order valence-electron chi connectivity index (χ4n) is 1.98. The molecule has 2 rings (SSSR count). The number of carbonyl (C=O) groups excluding carboxylic acids is 2. The molecule has 0 bridgehead atoms. The molecule has 0 aromatic carbocycles. The average molecular weight is 390 g/mol. The molecule has 5 heteroatoms. The van der Waals surface area contributed by atoms with Gasteiger partial charge in [0.25, 0.3) is 0 Å². The van der Waals surface area contributed by atoms with Crippen molar-refractivity contribution in [3.8, 4) is 0 Å². The third-order valence-corrected chi connectivity index (χ3v) is 6.56. The predicted octanol–water partition coefficient (Wildman–Crippen LogP) is 5.61. The van der Waals surface area contributed by atoms with E-state index < -0.39 is 0 Å². The van der Waals surface area contributed by atoms with E-state index in [1.54, 1.807) is 0 Å². The largest absolute Gasteiger partial charge is 0.299 e. The van der Waals surface area contributed by atoms with Crippen molar-refractivity contribution in [1.82, 2.24) is 0 Å². The molecule has 2 nitrogen and oxygen atoms in total. The Morgan fingerprint density at radius 3 is 1.26 bits per heavy atom. The third-order valence-electron chi connectivity index (χ3n) is 3.84. The van der Waals surface area contributed by atoms with E-state index in [0.29, 0.717) is 12.8 Å². The molecule has 2 heterocycles. The van der Waals surface area contributed by atoms with Gasteiger partial charge in [-0.3, -0.25) is 9.59 Å². The SMILES string of the molecule is CCC(=O)[C]1[P][CH][C](C)[C]1C.CCC(=O)[C]1[P][CH][C](C)[C]1C.[Fe]. The maximum Gasteiger partial charge on any atom is 0.145 e. The Labute approximate surface area is 157 Å². The van der Waals surface area contributed by atoms with Gasteiger partial charge in [0, 0.05) is 29.9 Å². The van der Waals surface area contributed by atoms with Crippen molar-refractivity contribution >= 4 is 28.7 Å². The van der Waals surface area contributed by atoms with Crippen molar-refractivity contribution in [3.05, 3.63) is 47.3 Å². The van der Waals surface area contributed by atoms with Crippen LogP contribution in [0.1, 0.15) is 54.4 Å². The summed E-state index contributed by atoms with van der Waals surface area (Å²) in [4.78, 5) is 22.5. The molecule has 126 valence electrons. The zero-order valence-corrected chi connectivity index (χ0v) is 17.5. The van der Waals surface area contributed by atoms with Crippen LogP contribution in [0.4, 0.5) is 0 Å². The van der Waals surface area contributed by atoms with Gasteiger partial charge in [0.1, 0.15) is 11.6 Å². The van der Waals surface area contributed by atoms with Crippen molar-refractivity contribution in [1.29, 1.82) is 0 Å². The Balaban J connectivity index is 0.000000403. The minimum Gasteiger partial charge on any atom is -0.299 e. The van der Waals surface area contributed by atoms with E-state index in [4.69, 9.17) is 0 Å². The summed E-state index contributed by atoms with van der Waals surface area (Å²) in [6.45, 7) is 12.0. The van der Waals surface area contributed by atoms with Gasteiger partial charge in [0.15, 0.2) is 0 Å². The summed E-state index contributed by atoms with van der Waals surface area (Å²) in [6.07, 6.45) is 5.44. The molecule has 2 aliphatic rings. The first kappa shape index (κ1) is 23.7. The minimum atomic E-state index is 0. The fraction of sp³-hybridized carbons (Fsp3) is 0.444. The van der Waals surface area contributed by atoms with Crippen LogP contribution in [0.2, 0.25) is 0 Å². The van der Waals surface area contributed by atoms with E-state index in [1.165, 1.54) is 23.7 Å². The predicted molar refractivity (Wildman–Crippen MR) is 95.2 cm³/mol. The number of carbonyl (C=O) groups is 2. The standard InChI is InChI=1S/2C9H12OP.Fe/c2*1-4-8(10)9-7(3)6(2)5-11-9;/h2*5H,4H2,1-3H3;. The molecule has 0 aromatic heterocycles. The fourth-order valence-corrected chi connectivity index (χ4v) is 4.36. The van der Waals surface area contributed by atoms with E-state index in [-0.39, 0.29) is 28.6 Å². The van der Waals surface area contributed by atoms with Crippen LogP contribution in [0.25, 0.3) is 0 Å². The molecule has 0 amide bonds. The molecule has 2 aliphatic heterocycles. The second-order valence-electron chi connectivity index (χ2n) is 5.38. The maximum absolute atomic E-state index is 11.3. The van der Waals surface area contributed by atoms with Gasteiger partial charge in [-0.1, -0.05) is 58.7 Å². The summed E-state index contributed by atoms with van der Waals surface area (Å²) in [5, 5.41) is 0. The molecule has 0 aromatic rings. The van der Waals surface area contributed by atoms with Gasteiger partial charge in [-0.15, -0.1) is 0 Å². The normalized spacial score (nSPS) is 23.9. The van der Waals surface area contributed by atoms with Crippen LogP contribution in [0.3, 0.4) is 0 Å². The Morgan fingerprint density at radius 1 is 0.783 bits per heavy atom. The molecule has 0 aliphatic carbocycles. The Kier molecular flexibility index (Phi) is 11.7. The minimum absolute atomic E-state index is 0. The second-order valence-corrected chi connectivity index (χ2v) is 7.31. The average Bonchev–Trinajstić information content (AvgIpc) is 3.02. The van der Waals surface area contributed by atoms with Gasteiger partial charge in [-0.25, -0.2) is 0 Å². The second kappa shape index (κ2) is 11.4. The van der Waals surface area contributed by atoms with Crippen LogP contribution in [-0.2, 0) is 26.7 Å².